The molecule has 0 spiro atoms. The van der Waals surface area contributed by atoms with Crippen molar-refractivity contribution in [3.05, 3.63) is 46.8 Å². The van der Waals surface area contributed by atoms with E-state index in [-0.39, 0.29) is 5.92 Å². The van der Waals surface area contributed by atoms with Gasteiger partial charge in [0.25, 0.3) is 0 Å². The van der Waals surface area contributed by atoms with Gasteiger partial charge in [0.1, 0.15) is 11.0 Å². The molecule has 1 unspecified atom stereocenters. The number of aromatic nitrogens is 4. The molecular formula is C20H20N6O. The standard InChI is InChI=1S/C20H20N6O/c21-10-14-17(13-8-5-9-16-19(13)26-27-25-16)15-11-22-24-20(15)23-18(14)12-6-3-1-2-4-7-12/h5,8-9,11-12,17H,1-4,6-7H2,(H2,22,23,24). The lowest BCUT2D eigenvalue weighted by Gasteiger charge is -2.30. The van der Waals surface area contributed by atoms with Crippen LogP contribution in [0, 0.1) is 17.2 Å². The van der Waals surface area contributed by atoms with Gasteiger partial charge >= 0.3 is 0 Å². The van der Waals surface area contributed by atoms with Crippen LogP contribution >= 0.6 is 0 Å². The molecule has 5 rings (SSSR count). The molecule has 0 saturated heterocycles. The SMILES string of the molecule is N#CC1=C(C2CCCCCC2)Nc2n[nH]cc2C1c1cccc2nonc12. The van der Waals surface area contributed by atoms with Crippen LogP contribution in [-0.2, 0) is 0 Å². The fourth-order valence-corrected chi connectivity index (χ4v) is 4.52. The monoisotopic (exact) mass is 360 g/mol. The summed E-state index contributed by atoms with van der Waals surface area (Å²) >= 11 is 0. The van der Waals surface area contributed by atoms with Crippen molar-refractivity contribution < 1.29 is 4.63 Å². The lowest BCUT2D eigenvalue weighted by Crippen LogP contribution is -2.23. The molecule has 2 aliphatic rings. The number of hydrogen-bond donors (Lipinski definition) is 2. The Bertz CT molecular complexity index is 1050. The molecule has 136 valence electrons. The van der Waals surface area contributed by atoms with Crippen LogP contribution in [0.4, 0.5) is 5.82 Å². The number of nitriles is 1. The van der Waals surface area contributed by atoms with Gasteiger partial charge in [-0.2, -0.15) is 10.4 Å². The first-order valence-electron chi connectivity index (χ1n) is 9.53. The zero-order valence-corrected chi connectivity index (χ0v) is 14.9. The fraction of sp³-hybridized carbons (Fsp3) is 0.400. The highest BCUT2D eigenvalue weighted by Crippen LogP contribution is 2.45. The molecule has 1 aromatic carbocycles. The molecule has 0 amide bonds. The van der Waals surface area contributed by atoms with Crippen molar-refractivity contribution in [3.63, 3.8) is 0 Å². The first-order chi connectivity index (χ1) is 13.4. The Kier molecular flexibility index (Phi) is 3.89. The maximum absolute atomic E-state index is 10.1. The van der Waals surface area contributed by atoms with Crippen LogP contribution in [0.25, 0.3) is 11.0 Å². The molecule has 0 bridgehead atoms. The molecule has 27 heavy (non-hydrogen) atoms. The number of hydrogen-bond acceptors (Lipinski definition) is 6. The number of aromatic amines is 1. The molecule has 3 heterocycles. The van der Waals surface area contributed by atoms with E-state index in [9.17, 15) is 5.26 Å². The highest BCUT2D eigenvalue weighted by atomic mass is 16.6. The number of allylic oxidation sites excluding steroid dienone is 2. The summed E-state index contributed by atoms with van der Waals surface area (Å²) in [7, 11) is 0. The molecular weight excluding hydrogens is 340 g/mol. The Labute approximate surface area is 156 Å². The van der Waals surface area contributed by atoms with Crippen molar-refractivity contribution in [2.45, 2.75) is 44.4 Å². The Morgan fingerprint density at radius 2 is 1.93 bits per heavy atom. The summed E-state index contributed by atoms with van der Waals surface area (Å²) in [4.78, 5) is 0. The summed E-state index contributed by atoms with van der Waals surface area (Å²) in [6.07, 6.45) is 9.02. The van der Waals surface area contributed by atoms with Gasteiger partial charge in [0.2, 0.25) is 0 Å². The minimum absolute atomic E-state index is 0.223. The summed E-state index contributed by atoms with van der Waals surface area (Å²) in [5.41, 5.74) is 5.07. The van der Waals surface area contributed by atoms with Crippen LogP contribution in [0.1, 0.15) is 55.6 Å². The van der Waals surface area contributed by atoms with Crippen molar-refractivity contribution in [3.8, 4) is 6.07 Å². The van der Waals surface area contributed by atoms with Gasteiger partial charge in [0, 0.05) is 23.4 Å². The zero-order valence-electron chi connectivity index (χ0n) is 14.9. The average Bonchev–Trinajstić information content (AvgIpc) is 3.29. The van der Waals surface area contributed by atoms with E-state index in [2.05, 4.69) is 31.9 Å². The second-order valence-electron chi connectivity index (χ2n) is 7.35. The quantitative estimate of drug-likeness (QED) is 0.662. The zero-order chi connectivity index (χ0) is 18.2. The van der Waals surface area contributed by atoms with Gasteiger partial charge < -0.3 is 5.32 Å². The van der Waals surface area contributed by atoms with Crippen molar-refractivity contribution in [2.24, 2.45) is 5.92 Å². The first kappa shape index (κ1) is 16.1. The van der Waals surface area contributed by atoms with Crippen LogP contribution in [0.15, 0.2) is 40.3 Å². The van der Waals surface area contributed by atoms with E-state index in [0.717, 1.165) is 41.1 Å². The van der Waals surface area contributed by atoms with Crippen molar-refractivity contribution in [1.82, 2.24) is 20.5 Å². The molecule has 7 nitrogen and oxygen atoms in total. The van der Waals surface area contributed by atoms with E-state index >= 15 is 0 Å². The summed E-state index contributed by atoms with van der Waals surface area (Å²) in [5, 5.41) is 29.0. The third-order valence-electron chi connectivity index (χ3n) is 5.82. The molecule has 7 heteroatoms. The van der Waals surface area contributed by atoms with Gasteiger partial charge in [-0.1, -0.05) is 37.8 Å². The van der Waals surface area contributed by atoms with Crippen LogP contribution in [0.2, 0.25) is 0 Å². The second kappa shape index (κ2) is 6.54. The lowest BCUT2D eigenvalue weighted by molar-refractivity contribution is 0.315. The Hall–Kier alpha value is -3.14. The van der Waals surface area contributed by atoms with Gasteiger partial charge in [-0.15, -0.1) is 0 Å². The topological polar surface area (TPSA) is 103 Å². The van der Waals surface area contributed by atoms with Gasteiger partial charge in [-0.25, -0.2) is 4.63 Å². The van der Waals surface area contributed by atoms with E-state index in [1.807, 2.05) is 24.4 Å². The van der Waals surface area contributed by atoms with E-state index in [4.69, 9.17) is 4.63 Å². The second-order valence-corrected chi connectivity index (χ2v) is 7.35. The minimum atomic E-state index is -0.223. The Morgan fingerprint density at radius 3 is 2.74 bits per heavy atom. The smallest absolute Gasteiger partial charge is 0.156 e. The maximum atomic E-state index is 10.1. The van der Waals surface area contributed by atoms with E-state index in [1.165, 1.54) is 25.7 Å². The van der Waals surface area contributed by atoms with Gasteiger partial charge in [0.05, 0.1) is 17.6 Å². The molecule has 0 radical (unpaired) electrons. The molecule has 2 aromatic heterocycles. The van der Waals surface area contributed by atoms with Crippen LogP contribution in [0.5, 0.6) is 0 Å². The molecule has 3 aromatic rings. The van der Waals surface area contributed by atoms with Crippen molar-refractivity contribution >= 4 is 16.9 Å². The predicted octanol–water partition coefficient (Wildman–Crippen LogP) is 4.25. The van der Waals surface area contributed by atoms with Gasteiger partial charge in [-0.05, 0) is 34.8 Å². The largest absolute Gasteiger partial charge is 0.341 e. The first-order valence-corrected chi connectivity index (χ1v) is 9.53. The normalized spacial score (nSPS) is 20.8. The molecule has 1 aliphatic heterocycles. The summed E-state index contributed by atoms with van der Waals surface area (Å²) in [6.45, 7) is 0. The third kappa shape index (κ3) is 2.60. The number of benzene rings is 1. The molecule has 2 N–H and O–H groups in total. The highest BCUT2D eigenvalue weighted by molar-refractivity contribution is 5.80. The average molecular weight is 360 g/mol. The minimum Gasteiger partial charge on any atom is -0.341 e. The number of rotatable bonds is 2. The lowest BCUT2D eigenvalue weighted by atomic mass is 9.79. The van der Waals surface area contributed by atoms with Crippen LogP contribution < -0.4 is 5.32 Å². The molecule has 1 atom stereocenters. The molecule has 1 aliphatic carbocycles. The van der Waals surface area contributed by atoms with Crippen LogP contribution in [-0.4, -0.2) is 20.5 Å². The number of fused-ring (bicyclic) bond motifs is 2. The fourth-order valence-electron chi connectivity index (χ4n) is 4.52. The maximum Gasteiger partial charge on any atom is 0.156 e. The highest BCUT2D eigenvalue weighted by Gasteiger charge is 2.35. The van der Waals surface area contributed by atoms with Gasteiger partial charge in [-0.3, -0.25) is 5.10 Å². The van der Waals surface area contributed by atoms with Crippen molar-refractivity contribution in [1.29, 1.82) is 5.26 Å². The number of H-pyrrole nitrogens is 1. The Morgan fingerprint density at radius 1 is 1.07 bits per heavy atom. The number of anilines is 1. The van der Waals surface area contributed by atoms with Crippen molar-refractivity contribution in [2.75, 3.05) is 5.32 Å². The molecule has 1 saturated carbocycles. The predicted molar refractivity (Wildman–Crippen MR) is 99.7 cm³/mol. The van der Waals surface area contributed by atoms with E-state index in [1.54, 1.807) is 0 Å². The molecule has 1 fully saturated rings. The number of nitrogens with zero attached hydrogens (tertiary/aromatic N) is 4. The summed E-state index contributed by atoms with van der Waals surface area (Å²) in [5.74, 6) is 0.940. The third-order valence-corrected chi connectivity index (χ3v) is 5.82. The van der Waals surface area contributed by atoms with E-state index < -0.39 is 0 Å². The number of nitrogens with one attached hydrogen (secondary N) is 2. The van der Waals surface area contributed by atoms with E-state index in [0.29, 0.717) is 17.0 Å². The Balaban J connectivity index is 1.70. The summed E-state index contributed by atoms with van der Waals surface area (Å²) < 4.78 is 4.96. The summed E-state index contributed by atoms with van der Waals surface area (Å²) in [6, 6.07) is 8.31. The van der Waals surface area contributed by atoms with Gasteiger partial charge in [0.15, 0.2) is 5.82 Å². The van der Waals surface area contributed by atoms with Crippen LogP contribution in [0.3, 0.4) is 0 Å².